The van der Waals surface area contributed by atoms with E-state index in [1.807, 2.05) is 48.6 Å². The monoisotopic (exact) mass is 198 g/mol. The molecule has 0 atom stereocenters. The van der Waals surface area contributed by atoms with Crippen LogP contribution in [0.15, 0.2) is 48.1 Å². The molecule has 2 rings (SSSR count). The lowest BCUT2D eigenvalue weighted by Crippen LogP contribution is -1.89. The molecule has 0 aromatic heterocycles. The van der Waals surface area contributed by atoms with Crippen LogP contribution in [0.25, 0.3) is 6.08 Å². The number of benzene rings is 1. The molecule has 1 aromatic rings. The molecule has 0 amide bonds. The molecule has 1 heteroatoms. The zero-order chi connectivity index (χ0) is 10.5. The summed E-state index contributed by atoms with van der Waals surface area (Å²) in [5.41, 5.74) is 2.14. The smallest absolute Gasteiger partial charge is 0.158 e. The summed E-state index contributed by atoms with van der Waals surface area (Å²) in [7, 11) is 0. The summed E-state index contributed by atoms with van der Waals surface area (Å²) in [6.45, 7) is 0. The molecule has 0 bridgehead atoms. The van der Waals surface area contributed by atoms with Crippen LogP contribution in [0.4, 0.5) is 0 Å². The molecule has 0 spiro atoms. The van der Waals surface area contributed by atoms with Gasteiger partial charge in [-0.05, 0) is 24.0 Å². The molecule has 1 nitrogen and oxygen atoms in total. The van der Waals surface area contributed by atoms with Gasteiger partial charge in [-0.1, -0.05) is 48.6 Å². The van der Waals surface area contributed by atoms with Crippen LogP contribution in [-0.2, 0) is 4.79 Å². The van der Waals surface area contributed by atoms with E-state index < -0.39 is 0 Å². The van der Waals surface area contributed by atoms with Crippen molar-refractivity contribution in [2.45, 2.75) is 19.3 Å². The van der Waals surface area contributed by atoms with Crippen LogP contribution in [0.1, 0.15) is 24.8 Å². The highest BCUT2D eigenvalue weighted by molar-refractivity contribution is 5.97. The average molecular weight is 198 g/mol. The molecule has 1 saturated carbocycles. The van der Waals surface area contributed by atoms with E-state index in [4.69, 9.17) is 0 Å². The lowest BCUT2D eigenvalue weighted by Gasteiger charge is -1.91. The van der Waals surface area contributed by atoms with Gasteiger partial charge in [-0.2, -0.15) is 0 Å². The Bertz CT molecular complexity index is 399. The Kier molecular flexibility index (Phi) is 3.13. The minimum Gasteiger partial charge on any atom is -0.295 e. The van der Waals surface area contributed by atoms with E-state index in [2.05, 4.69) is 0 Å². The summed E-state index contributed by atoms with van der Waals surface area (Å²) in [5.74, 6) is 0.313. The molecular weight excluding hydrogens is 184 g/mol. The molecule has 1 aliphatic rings. The third-order valence-electron chi connectivity index (χ3n) is 2.59. The number of rotatable bonds is 2. The standard InChI is InChI=1S/C14H14O/c15-14-11-5-10-13(14)9-4-8-12-6-2-1-3-7-12/h1-4,6-9H,5,10-11H2. The number of Topliss-reactive ketones (excluding diaryl/α,β-unsaturated/α-hetero) is 1. The van der Waals surface area contributed by atoms with Crippen LogP contribution in [-0.4, -0.2) is 5.78 Å². The van der Waals surface area contributed by atoms with Crippen LogP contribution < -0.4 is 0 Å². The van der Waals surface area contributed by atoms with Crippen molar-refractivity contribution in [3.8, 4) is 0 Å². The van der Waals surface area contributed by atoms with Gasteiger partial charge in [-0.25, -0.2) is 0 Å². The van der Waals surface area contributed by atoms with Gasteiger partial charge in [-0.3, -0.25) is 4.79 Å². The molecule has 1 fully saturated rings. The summed E-state index contributed by atoms with van der Waals surface area (Å²) in [5, 5.41) is 0. The van der Waals surface area contributed by atoms with Gasteiger partial charge in [0.1, 0.15) is 0 Å². The van der Waals surface area contributed by atoms with Crippen molar-refractivity contribution in [2.24, 2.45) is 0 Å². The highest BCUT2D eigenvalue weighted by atomic mass is 16.1. The molecule has 0 heterocycles. The maximum absolute atomic E-state index is 11.3. The molecule has 0 radical (unpaired) electrons. The zero-order valence-electron chi connectivity index (χ0n) is 8.65. The molecule has 15 heavy (non-hydrogen) atoms. The summed E-state index contributed by atoms with van der Waals surface area (Å²) in [4.78, 5) is 11.3. The number of carbonyl (C=O) groups is 1. The highest BCUT2D eigenvalue weighted by Gasteiger charge is 2.15. The quantitative estimate of drug-likeness (QED) is 0.666. The number of hydrogen-bond acceptors (Lipinski definition) is 1. The molecular formula is C14H14O. The van der Waals surface area contributed by atoms with Gasteiger partial charge in [0.05, 0.1) is 0 Å². The van der Waals surface area contributed by atoms with Crippen LogP contribution >= 0.6 is 0 Å². The van der Waals surface area contributed by atoms with E-state index in [1.54, 1.807) is 0 Å². The maximum Gasteiger partial charge on any atom is 0.158 e. The molecule has 76 valence electrons. The first-order chi connectivity index (χ1) is 7.36. The Morgan fingerprint density at radius 2 is 1.87 bits per heavy atom. The third-order valence-corrected chi connectivity index (χ3v) is 2.59. The predicted octanol–water partition coefficient (Wildman–Crippen LogP) is 3.38. The summed E-state index contributed by atoms with van der Waals surface area (Å²) in [6.07, 6.45) is 8.63. The fraction of sp³-hybridized carbons (Fsp3) is 0.214. The van der Waals surface area contributed by atoms with E-state index in [9.17, 15) is 4.79 Å². The second-order valence-corrected chi connectivity index (χ2v) is 3.74. The van der Waals surface area contributed by atoms with Crippen molar-refractivity contribution in [1.29, 1.82) is 0 Å². The first kappa shape index (κ1) is 9.91. The number of hydrogen-bond donors (Lipinski definition) is 0. The molecule has 1 aliphatic carbocycles. The van der Waals surface area contributed by atoms with Crippen LogP contribution in [0.5, 0.6) is 0 Å². The topological polar surface area (TPSA) is 17.1 Å². The Hall–Kier alpha value is -1.63. The Balaban J connectivity index is 2.04. The summed E-state index contributed by atoms with van der Waals surface area (Å²) in [6, 6.07) is 10.1. The number of ketones is 1. The van der Waals surface area contributed by atoms with Gasteiger partial charge >= 0.3 is 0 Å². The van der Waals surface area contributed by atoms with Crippen molar-refractivity contribution in [2.75, 3.05) is 0 Å². The van der Waals surface area contributed by atoms with Crippen LogP contribution in [0.2, 0.25) is 0 Å². The second kappa shape index (κ2) is 4.74. The molecule has 0 saturated heterocycles. The Labute approximate surface area is 90.1 Å². The highest BCUT2D eigenvalue weighted by Crippen LogP contribution is 2.20. The second-order valence-electron chi connectivity index (χ2n) is 3.74. The molecule has 0 unspecified atom stereocenters. The van der Waals surface area contributed by atoms with E-state index in [0.717, 1.165) is 24.8 Å². The summed E-state index contributed by atoms with van der Waals surface area (Å²) >= 11 is 0. The predicted molar refractivity (Wildman–Crippen MR) is 62.4 cm³/mol. The van der Waals surface area contributed by atoms with E-state index >= 15 is 0 Å². The molecule has 0 N–H and O–H groups in total. The zero-order valence-corrected chi connectivity index (χ0v) is 8.65. The fourth-order valence-corrected chi connectivity index (χ4v) is 1.76. The van der Waals surface area contributed by atoms with Crippen molar-refractivity contribution >= 4 is 11.9 Å². The Morgan fingerprint density at radius 1 is 1.07 bits per heavy atom. The SMILES string of the molecule is O=C1CCCC1=CC=Cc1ccccc1. The number of allylic oxidation sites excluding steroid dienone is 3. The van der Waals surface area contributed by atoms with Gasteiger partial charge < -0.3 is 0 Å². The van der Waals surface area contributed by atoms with Gasteiger partial charge in [0.25, 0.3) is 0 Å². The summed E-state index contributed by atoms with van der Waals surface area (Å²) < 4.78 is 0. The van der Waals surface area contributed by atoms with E-state index in [0.29, 0.717) is 5.78 Å². The lowest BCUT2D eigenvalue weighted by atomic mass is 10.1. The van der Waals surface area contributed by atoms with Crippen LogP contribution in [0, 0.1) is 0 Å². The van der Waals surface area contributed by atoms with Gasteiger partial charge in [0.2, 0.25) is 0 Å². The minimum atomic E-state index is 0.313. The van der Waals surface area contributed by atoms with Crippen molar-refractivity contribution in [1.82, 2.24) is 0 Å². The van der Waals surface area contributed by atoms with E-state index in [1.165, 1.54) is 5.56 Å². The van der Waals surface area contributed by atoms with Crippen molar-refractivity contribution < 1.29 is 4.79 Å². The lowest BCUT2D eigenvalue weighted by molar-refractivity contribution is -0.114. The maximum atomic E-state index is 11.3. The van der Waals surface area contributed by atoms with Crippen molar-refractivity contribution in [3.05, 3.63) is 53.6 Å². The first-order valence-corrected chi connectivity index (χ1v) is 5.32. The van der Waals surface area contributed by atoms with Crippen molar-refractivity contribution in [3.63, 3.8) is 0 Å². The largest absolute Gasteiger partial charge is 0.295 e. The first-order valence-electron chi connectivity index (χ1n) is 5.32. The van der Waals surface area contributed by atoms with Gasteiger partial charge in [0.15, 0.2) is 5.78 Å². The van der Waals surface area contributed by atoms with E-state index in [-0.39, 0.29) is 0 Å². The normalized spacial score (nSPS) is 19.2. The average Bonchev–Trinajstić information content (AvgIpc) is 2.66. The molecule has 0 aliphatic heterocycles. The minimum absolute atomic E-state index is 0.313. The Morgan fingerprint density at radius 3 is 2.53 bits per heavy atom. The van der Waals surface area contributed by atoms with Gasteiger partial charge in [0, 0.05) is 6.42 Å². The third kappa shape index (κ3) is 2.66. The number of carbonyl (C=O) groups excluding carboxylic acids is 1. The van der Waals surface area contributed by atoms with Crippen LogP contribution in [0.3, 0.4) is 0 Å². The van der Waals surface area contributed by atoms with Gasteiger partial charge in [-0.15, -0.1) is 0 Å². The fourth-order valence-electron chi connectivity index (χ4n) is 1.76. The molecule has 1 aromatic carbocycles.